The van der Waals surface area contributed by atoms with Crippen LogP contribution in [0.25, 0.3) is 10.2 Å². The molecule has 29 heavy (non-hydrogen) atoms. The number of fused-ring (bicyclic) bond motifs is 1. The SMILES string of the molecule is CC(O)CN(C)S(=O)(=O)c1cc2sc(N3CCC(CS(C)(=O)=O)C3)nc2cc1Cl. The van der Waals surface area contributed by atoms with Gasteiger partial charge in [-0.2, -0.15) is 4.31 Å². The molecule has 8 nitrogen and oxygen atoms in total. The molecule has 0 spiro atoms. The van der Waals surface area contributed by atoms with E-state index in [9.17, 15) is 21.9 Å². The maximum Gasteiger partial charge on any atom is 0.244 e. The van der Waals surface area contributed by atoms with E-state index in [-0.39, 0.29) is 28.1 Å². The average Bonchev–Trinajstić information content (AvgIpc) is 3.17. The third-order valence-electron chi connectivity index (χ3n) is 4.74. The average molecular weight is 482 g/mol. The van der Waals surface area contributed by atoms with Gasteiger partial charge in [0.05, 0.1) is 27.1 Å². The van der Waals surface area contributed by atoms with E-state index in [1.54, 1.807) is 0 Å². The van der Waals surface area contributed by atoms with Crippen molar-refractivity contribution in [3.05, 3.63) is 17.2 Å². The molecule has 0 radical (unpaired) electrons. The van der Waals surface area contributed by atoms with Gasteiger partial charge in [-0.25, -0.2) is 21.8 Å². The number of sulfone groups is 1. The van der Waals surface area contributed by atoms with Gasteiger partial charge in [-0.15, -0.1) is 0 Å². The molecule has 0 saturated carbocycles. The van der Waals surface area contributed by atoms with Crippen LogP contribution in [0.5, 0.6) is 0 Å². The number of halogens is 1. The normalized spacial score (nSPS) is 19.4. The van der Waals surface area contributed by atoms with Crippen molar-refractivity contribution >= 4 is 58.1 Å². The quantitative estimate of drug-likeness (QED) is 0.642. The highest BCUT2D eigenvalue weighted by atomic mass is 35.5. The second-order valence-corrected chi connectivity index (χ2v) is 13.2. The summed E-state index contributed by atoms with van der Waals surface area (Å²) in [6.45, 7) is 2.78. The summed E-state index contributed by atoms with van der Waals surface area (Å²) >= 11 is 7.60. The van der Waals surface area contributed by atoms with Crippen LogP contribution in [0.15, 0.2) is 17.0 Å². The van der Waals surface area contributed by atoms with Crippen molar-refractivity contribution in [2.45, 2.75) is 24.3 Å². The Labute approximate surface area is 180 Å². The van der Waals surface area contributed by atoms with Gasteiger partial charge in [0.15, 0.2) is 5.13 Å². The molecular weight excluding hydrogens is 458 g/mol. The van der Waals surface area contributed by atoms with Gasteiger partial charge in [0.25, 0.3) is 0 Å². The van der Waals surface area contributed by atoms with E-state index in [1.165, 1.54) is 43.7 Å². The second kappa shape index (κ2) is 8.27. The zero-order chi connectivity index (χ0) is 21.6. The third-order valence-corrected chi connectivity index (χ3v) is 9.18. The summed E-state index contributed by atoms with van der Waals surface area (Å²) in [5.41, 5.74) is 0.596. The summed E-state index contributed by atoms with van der Waals surface area (Å²) < 4.78 is 50.5. The maximum atomic E-state index is 12.8. The van der Waals surface area contributed by atoms with E-state index in [2.05, 4.69) is 4.98 Å². The lowest BCUT2D eigenvalue weighted by Crippen LogP contribution is -2.33. The smallest absolute Gasteiger partial charge is 0.244 e. The molecule has 1 fully saturated rings. The summed E-state index contributed by atoms with van der Waals surface area (Å²) in [7, 11) is -5.49. The first-order valence-electron chi connectivity index (χ1n) is 9.04. The number of aliphatic hydroxyl groups is 1. The van der Waals surface area contributed by atoms with E-state index >= 15 is 0 Å². The highest BCUT2D eigenvalue weighted by Crippen LogP contribution is 2.36. The summed E-state index contributed by atoms with van der Waals surface area (Å²) in [6, 6.07) is 3.04. The van der Waals surface area contributed by atoms with E-state index in [0.29, 0.717) is 23.3 Å². The highest BCUT2D eigenvalue weighted by molar-refractivity contribution is 7.90. The molecule has 1 saturated heterocycles. The van der Waals surface area contributed by atoms with E-state index in [0.717, 1.165) is 15.9 Å². The highest BCUT2D eigenvalue weighted by Gasteiger charge is 2.29. The van der Waals surface area contributed by atoms with Crippen LogP contribution in [0.3, 0.4) is 0 Å². The Bertz CT molecular complexity index is 1110. The Morgan fingerprint density at radius 1 is 1.38 bits per heavy atom. The number of thiazole rings is 1. The number of likely N-dealkylation sites (N-methyl/N-ethyl adjacent to an activating group) is 1. The van der Waals surface area contributed by atoms with Crippen LogP contribution in [0.1, 0.15) is 13.3 Å². The Morgan fingerprint density at radius 3 is 2.69 bits per heavy atom. The minimum absolute atomic E-state index is 0.0265. The molecule has 2 unspecified atom stereocenters. The number of benzene rings is 1. The largest absolute Gasteiger partial charge is 0.392 e. The Hall–Kier alpha value is -0.980. The zero-order valence-corrected chi connectivity index (χ0v) is 19.6. The molecule has 2 atom stereocenters. The van der Waals surface area contributed by atoms with Gasteiger partial charge in [0.1, 0.15) is 14.7 Å². The molecule has 1 aliphatic rings. The summed E-state index contributed by atoms with van der Waals surface area (Å²) in [6.07, 6.45) is 1.21. The van der Waals surface area contributed by atoms with E-state index < -0.39 is 26.0 Å². The zero-order valence-electron chi connectivity index (χ0n) is 16.4. The van der Waals surface area contributed by atoms with Gasteiger partial charge < -0.3 is 10.0 Å². The van der Waals surface area contributed by atoms with Crippen molar-refractivity contribution < 1.29 is 21.9 Å². The fourth-order valence-electron chi connectivity index (χ4n) is 3.46. The summed E-state index contributed by atoms with van der Waals surface area (Å²) in [5.74, 6) is 0.212. The molecule has 1 N–H and O–H groups in total. The van der Waals surface area contributed by atoms with E-state index in [4.69, 9.17) is 11.6 Å². The van der Waals surface area contributed by atoms with Gasteiger partial charge in [0.2, 0.25) is 10.0 Å². The summed E-state index contributed by atoms with van der Waals surface area (Å²) in [5, 5.41) is 10.3. The van der Waals surface area contributed by atoms with Gasteiger partial charge >= 0.3 is 0 Å². The standard InChI is InChI=1S/C17H24ClN3O5S3/c1-11(22)8-20(2)29(25,26)16-7-15-14(6-13(16)18)19-17(27-15)21-5-4-12(9-21)10-28(3,23)24/h6-7,11-12,22H,4-5,8-10H2,1-3H3. The molecule has 0 aliphatic carbocycles. The van der Waals surface area contributed by atoms with Crippen LogP contribution in [-0.2, 0) is 19.9 Å². The molecule has 0 bridgehead atoms. The van der Waals surface area contributed by atoms with Gasteiger partial charge in [-0.1, -0.05) is 22.9 Å². The van der Waals surface area contributed by atoms with Gasteiger partial charge in [0, 0.05) is 32.9 Å². The van der Waals surface area contributed by atoms with Crippen molar-refractivity contribution in [2.24, 2.45) is 5.92 Å². The van der Waals surface area contributed by atoms with Crippen LogP contribution >= 0.6 is 22.9 Å². The first-order chi connectivity index (χ1) is 13.4. The van der Waals surface area contributed by atoms with Crippen LogP contribution in [-0.4, -0.2) is 76.0 Å². The molecule has 1 aliphatic heterocycles. The van der Waals surface area contributed by atoms with Crippen molar-refractivity contribution in [3.8, 4) is 0 Å². The number of aliphatic hydroxyl groups excluding tert-OH is 1. The van der Waals surface area contributed by atoms with Crippen LogP contribution in [0.2, 0.25) is 5.02 Å². The molecule has 0 amide bonds. The molecule has 1 aromatic heterocycles. The topological polar surface area (TPSA) is 108 Å². The minimum atomic E-state index is -3.86. The fraction of sp³-hybridized carbons (Fsp3) is 0.588. The molecule has 1 aromatic carbocycles. The monoisotopic (exact) mass is 481 g/mol. The number of rotatable bonds is 7. The van der Waals surface area contributed by atoms with Gasteiger partial charge in [-0.05, 0) is 31.4 Å². The lowest BCUT2D eigenvalue weighted by molar-refractivity contribution is 0.171. The van der Waals surface area contributed by atoms with E-state index in [1.807, 2.05) is 4.90 Å². The lowest BCUT2D eigenvalue weighted by Gasteiger charge is -2.19. The number of hydrogen-bond acceptors (Lipinski definition) is 8. The first kappa shape index (κ1) is 22.7. The van der Waals surface area contributed by atoms with Crippen LogP contribution in [0, 0.1) is 5.92 Å². The molecule has 162 valence electrons. The van der Waals surface area contributed by atoms with Crippen LogP contribution < -0.4 is 4.90 Å². The molecule has 12 heteroatoms. The minimum Gasteiger partial charge on any atom is -0.392 e. The molecule has 3 rings (SSSR count). The first-order valence-corrected chi connectivity index (χ1v) is 13.7. The number of sulfonamides is 1. The van der Waals surface area contributed by atoms with Crippen molar-refractivity contribution in [1.29, 1.82) is 0 Å². The predicted molar refractivity (Wildman–Crippen MR) is 116 cm³/mol. The maximum absolute atomic E-state index is 12.8. The lowest BCUT2D eigenvalue weighted by atomic mass is 10.2. The van der Waals surface area contributed by atoms with Gasteiger partial charge in [-0.3, -0.25) is 0 Å². The number of anilines is 1. The summed E-state index contributed by atoms with van der Waals surface area (Å²) in [4.78, 5) is 6.57. The Balaban J connectivity index is 1.88. The molecule has 2 aromatic rings. The third kappa shape index (κ3) is 5.20. The molecular formula is C17H24ClN3O5S3. The number of aromatic nitrogens is 1. The molecule has 2 heterocycles. The van der Waals surface area contributed by atoms with Crippen LogP contribution in [0.4, 0.5) is 5.13 Å². The fourth-order valence-corrected chi connectivity index (χ4v) is 7.45. The Morgan fingerprint density at radius 2 is 2.07 bits per heavy atom. The number of hydrogen-bond donors (Lipinski definition) is 1. The predicted octanol–water partition coefficient (Wildman–Crippen LogP) is 1.82. The van der Waals surface area contributed by atoms with Crippen molar-refractivity contribution in [3.63, 3.8) is 0 Å². The van der Waals surface area contributed by atoms with Crippen molar-refractivity contribution in [2.75, 3.05) is 43.6 Å². The Kier molecular flexibility index (Phi) is 6.48. The number of nitrogens with zero attached hydrogens (tertiary/aromatic N) is 3. The second-order valence-electron chi connectivity index (χ2n) is 7.57. The van der Waals surface area contributed by atoms with Crippen molar-refractivity contribution in [1.82, 2.24) is 9.29 Å².